The molecule has 1 saturated heterocycles. The zero-order valence-corrected chi connectivity index (χ0v) is 13.4. The molecule has 1 amide bonds. The second-order valence-electron chi connectivity index (χ2n) is 5.50. The molecule has 1 aliphatic rings. The number of benzene rings is 1. The van der Waals surface area contributed by atoms with Crippen molar-refractivity contribution in [1.82, 2.24) is 4.90 Å². The van der Waals surface area contributed by atoms with E-state index in [1.165, 1.54) is 4.90 Å². The fourth-order valence-corrected chi connectivity index (χ4v) is 2.68. The molecule has 23 heavy (non-hydrogen) atoms. The number of carbonyl (C=O) groups is 2. The quantitative estimate of drug-likeness (QED) is 0.866. The Bertz CT molecular complexity index is 586. The number of nitrogens with zero attached hydrogens (tertiary/aromatic N) is 2. The average Bonchev–Trinajstić information content (AvgIpc) is 2.55. The Hall–Kier alpha value is -2.37. The van der Waals surface area contributed by atoms with Gasteiger partial charge in [0.15, 0.2) is 0 Å². The first-order valence-corrected chi connectivity index (χ1v) is 7.79. The third kappa shape index (κ3) is 4.31. The highest BCUT2D eigenvalue weighted by Gasteiger charge is 2.33. The van der Waals surface area contributed by atoms with E-state index in [9.17, 15) is 14.7 Å². The summed E-state index contributed by atoms with van der Waals surface area (Å²) >= 11 is 0. The zero-order valence-electron chi connectivity index (χ0n) is 13.4. The van der Waals surface area contributed by atoms with Crippen LogP contribution < -0.4 is 0 Å². The molecule has 1 fully saturated rings. The van der Waals surface area contributed by atoms with E-state index in [1.807, 2.05) is 37.3 Å². The van der Waals surface area contributed by atoms with Gasteiger partial charge in [-0.2, -0.15) is 0 Å². The second kappa shape index (κ2) is 7.76. The van der Waals surface area contributed by atoms with Gasteiger partial charge in [-0.15, -0.1) is 0 Å². The van der Waals surface area contributed by atoms with Gasteiger partial charge in [0.2, 0.25) is 0 Å². The van der Waals surface area contributed by atoms with Crippen LogP contribution in [0.2, 0.25) is 0 Å². The molecule has 0 radical (unpaired) electrons. The molecule has 0 aromatic heterocycles. The molecule has 1 unspecified atom stereocenters. The lowest BCUT2D eigenvalue weighted by Crippen LogP contribution is -2.46. The van der Waals surface area contributed by atoms with Gasteiger partial charge < -0.3 is 14.7 Å². The van der Waals surface area contributed by atoms with Gasteiger partial charge in [-0.3, -0.25) is 9.79 Å². The lowest BCUT2D eigenvalue weighted by Gasteiger charge is -2.31. The van der Waals surface area contributed by atoms with Gasteiger partial charge in [0.25, 0.3) is 0 Å². The van der Waals surface area contributed by atoms with E-state index in [-0.39, 0.29) is 18.6 Å². The van der Waals surface area contributed by atoms with Gasteiger partial charge in [0, 0.05) is 12.3 Å². The number of amides is 1. The van der Waals surface area contributed by atoms with Crippen LogP contribution in [0.15, 0.2) is 35.3 Å². The van der Waals surface area contributed by atoms with Crippen molar-refractivity contribution in [1.29, 1.82) is 0 Å². The molecule has 6 heteroatoms. The molecule has 0 spiro atoms. The van der Waals surface area contributed by atoms with Crippen LogP contribution in [0.25, 0.3) is 0 Å². The van der Waals surface area contributed by atoms with Crippen LogP contribution in [0.3, 0.4) is 0 Å². The minimum absolute atomic E-state index is 0.142. The summed E-state index contributed by atoms with van der Waals surface area (Å²) in [7, 11) is 0. The molecule has 2 rings (SSSR count). The molecule has 0 saturated carbocycles. The minimum atomic E-state index is -0.993. The van der Waals surface area contributed by atoms with Crippen LogP contribution in [-0.2, 0) is 9.53 Å². The fourth-order valence-electron chi connectivity index (χ4n) is 2.68. The number of ether oxygens (including phenoxy) is 1. The molecule has 1 heterocycles. The van der Waals surface area contributed by atoms with E-state index in [4.69, 9.17) is 4.74 Å². The first-order chi connectivity index (χ1) is 11.0. The SMILES string of the molecule is CCOC(=O)C1CCN(C(=O)O)CC1=N[C@@H](C)c1ccccc1. The molecule has 124 valence electrons. The first-order valence-electron chi connectivity index (χ1n) is 7.79. The predicted octanol–water partition coefficient (Wildman–Crippen LogP) is 2.75. The standard InChI is InChI=1S/C17H22N2O4/c1-3-23-16(20)14-9-10-19(17(21)22)11-15(14)18-12(2)13-7-5-4-6-8-13/h4-8,12,14H,3,9-11H2,1-2H3,(H,21,22)/t12-,14?/m0/s1. The Morgan fingerprint density at radius 3 is 2.70 bits per heavy atom. The summed E-state index contributed by atoms with van der Waals surface area (Å²) in [6, 6.07) is 9.57. The van der Waals surface area contributed by atoms with Crippen molar-refractivity contribution >= 4 is 17.8 Å². The first kappa shape index (κ1) is 17.0. The topological polar surface area (TPSA) is 79.2 Å². The number of likely N-dealkylation sites (tertiary alicyclic amines) is 1. The summed E-state index contributed by atoms with van der Waals surface area (Å²) in [6.07, 6.45) is -0.585. The summed E-state index contributed by atoms with van der Waals surface area (Å²) in [5, 5.41) is 9.19. The van der Waals surface area contributed by atoms with Crippen LogP contribution in [0.1, 0.15) is 31.9 Å². The maximum Gasteiger partial charge on any atom is 0.407 e. The Kier molecular flexibility index (Phi) is 5.73. The number of carboxylic acid groups (broad SMARTS) is 1. The highest BCUT2D eigenvalue weighted by Crippen LogP contribution is 2.22. The summed E-state index contributed by atoms with van der Waals surface area (Å²) < 4.78 is 5.11. The Balaban J connectivity index is 2.24. The number of carbonyl (C=O) groups excluding carboxylic acids is 1. The number of hydrogen-bond acceptors (Lipinski definition) is 4. The number of esters is 1. The number of rotatable bonds is 4. The monoisotopic (exact) mass is 318 g/mol. The summed E-state index contributed by atoms with van der Waals surface area (Å²) in [5.41, 5.74) is 1.60. The zero-order chi connectivity index (χ0) is 16.8. The fraction of sp³-hybridized carbons (Fsp3) is 0.471. The smallest absolute Gasteiger partial charge is 0.407 e. The molecular formula is C17H22N2O4. The highest BCUT2D eigenvalue weighted by atomic mass is 16.5. The Morgan fingerprint density at radius 1 is 1.39 bits per heavy atom. The van der Waals surface area contributed by atoms with Crippen LogP contribution in [0, 0.1) is 5.92 Å². The van der Waals surface area contributed by atoms with Crippen molar-refractivity contribution in [3.8, 4) is 0 Å². The van der Waals surface area contributed by atoms with Gasteiger partial charge in [-0.25, -0.2) is 4.79 Å². The molecule has 2 atom stereocenters. The highest BCUT2D eigenvalue weighted by molar-refractivity contribution is 6.04. The van der Waals surface area contributed by atoms with Crippen molar-refractivity contribution in [3.63, 3.8) is 0 Å². The summed E-state index contributed by atoms with van der Waals surface area (Å²) in [5.74, 6) is -0.784. The van der Waals surface area contributed by atoms with Gasteiger partial charge in [-0.1, -0.05) is 30.3 Å². The predicted molar refractivity (Wildman–Crippen MR) is 86.6 cm³/mol. The number of hydrogen-bond donors (Lipinski definition) is 1. The van der Waals surface area contributed by atoms with E-state index in [0.29, 0.717) is 25.3 Å². The van der Waals surface area contributed by atoms with E-state index in [1.54, 1.807) is 6.92 Å². The van der Waals surface area contributed by atoms with Crippen molar-refractivity contribution in [2.24, 2.45) is 10.9 Å². The third-order valence-electron chi connectivity index (χ3n) is 3.93. The van der Waals surface area contributed by atoms with E-state index in [0.717, 1.165) is 5.56 Å². The van der Waals surface area contributed by atoms with Gasteiger partial charge >= 0.3 is 12.1 Å². The van der Waals surface area contributed by atoms with E-state index < -0.39 is 12.0 Å². The van der Waals surface area contributed by atoms with Gasteiger partial charge in [0.05, 0.1) is 25.1 Å². The Labute approximate surface area is 135 Å². The molecule has 0 bridgehead atoms. The molecule has 1 N–H and O–H groups in total. The van der Waals surface area contributed by atoms with Crippen molar-refractivity contribution < 1.29 is 19.4 Å². The summed E-state index contributed by atoms with van der Waals surface area (Å²) in [4.78, 5) is 29.3. The van der Waals surface area contributed by atoms with Crippen LogP contribution >= 0.6 is 0 Å². The van der Waals surface area contributed by atoms with Crippen molar-refractivity contribution in [2.45, 2.75) is 26.3 Å². The van der Waals surface area contributed by atoms with Crippen LogP contribution in [-0.4, -0.2) is 47.5 Å². The second-order valence-corrected chi connectivity index (χ2v) is 5.50. The van der Waals surface area contributed by atoms with E-state index in [2.05, 4.69) is 4.99 Å². The summed E-state index contributed by atoms with van der Waals surface area (Å²) in [6.45, 7) is 4.46. The van der Waals surface area contributed by atoms with Gasteiger partial charge in [0.1, 0.15) is 0 Å². The number of aliphatic imine (C=N–C) groups is 1. The van der Waals surface area contributed by atoms with Gasteiger partial charge in [-0.05, 0) is 25.8 Å². The molecule has 0 aliphatic carbocycles. The normalized spacial score (nSPS) is 21.0. The largest absolute Gasteiger partial charge is 0.465 e. The van der Waals surface area contributed by atoms with Crippen LogP contribution in [0.5, 0.6) is 0 Å². The lowest BCUT2D eigenvalue weighted by atomic mass is 9.94. The van der Waals surface area contributed by atoms with Crippen molar-refractivity contribution in [3.05, 3.63) is 35.9 Å². The maximum absolute atomic E-state index is 12.1. The molecular weight excluding hydrogens is 296 g/mol. The molecule has 1 aliphatic heterocycles. The minimum Gasteiger partial charge on any atom is -0.465 e. The lowest BCUT2D eigenvalue weighted by molar-refractivity contribution is -0.146. The molecule has 1 aromatic carbocycles. The van der Waals surface area contributed by atoms with Crippen molar-refractivity contribution in [2.75, 3.05) is 19.7 Å². The molecule has 1 aromatic rings. The Morgan fingerprint density at radius 2 is 2.09 bits per heavy atom. The van der Waals surface area contributed by atoms with E-state index >= 15 is 0 Å². The molecule has 6 nitrogen and oxygen atoms in total. The number of piperidine rings is 1. The third-order valence-corrected chi connectivity index (χ3v) is 3.93. The average molecular weight is 318 g/mol. The maximum atomic E-state index is 12.1. The van der Waals surface area contributed by atoms with Crippen LogP contribution in [0.4, 0.5) is 4.79 Å².